The maximum Gasteiger partial charge on any atom is 0.336 e. The Bertz CT molecular complexity index is 610. The van der Waals surface area contributed by atoms with Crippen LogP contribution < -0.4 is 4.74 Å². The largest absolute Gasteiger partial charge is 0.463 e. The van der Waals surface area contributed by atoms with Gasteiger partial charge in [-0.1, -0.05) is 76.0 Å². The normalized spacial score (nSPS) is 10.9. The molecule has 1 aromatic carbocycles. The number of carbonyl (C=O) groups excluding carboxylic acids is 2. The summed E-state index contributed by atoms with van der Waals surface area (Å²) in [7, 11) is 0. The number of esters is 2. The van der Waals surface area contributed by atoms with Crippen molar-refractivity contribution in [2.75, 3.05) is 6.61 Å². The molecule has 0 aromatic heterocycles. The fraction of sp³-hybridized carbons (Fsp3) is 0.545. The number of halogens is 1. The van der Waals surface area contributed by atoms with Crippen molar-refractivity contribution in [1.82, 2.24) is 0 Å². The lowest BCUT2D eigenvalue weighted by atomic mass is 10.1. The Kier molecular flexibility index (Phi) is 12.3. The molecule has 0 radical (unpaired) electrons. The van der Waals surface area contributed by atoms with Crippen LogP contribution in [0.15, 0.2) is 30.4 Å². The predicted molar refractivity (Wildman–Crippen MR) is 109 cm³/mol. The van der Waals surface area contributed by atoms with E-state index >= 15 is 0 Å². The van der Waals surface area contributed by atoms with E-state index in [0.717, 1.165) is 30.6 Å². The van der Waals surface area contributed by atoms with Crippen molar-refractivity contribution in [3.05, 3.63) is 40.9 Å². The molecule has 0 amide bonds. The molecular weight excluding hydrogens is 364 g/mol. The second-order valence-corrected chi connectivity index (χ2v) is 7.09. The topological polar surface area (TPSA) is 52.6 Å². The Morgan fingerprint density at radius 3 is 2.19 bits per heavy atom. The molecule has 0 fully saturated rings. The van der Waals surface area contributed by atoms with Gasteiger partial charge in [-0.05, 0) is 31.0 Å². The summed E-state index contributed by atoms with van der Waals surface area (Å²) in [5, 5.41) is 0.343. The van der Waals surface area contributed by atoms with Gasteiger partial charge in [-0.25, -0.2) is 9.59 Å². The fourth-order valence-corrected chi connectivity index (χ4v) is 2.76. The first kappa shape index (κ1) is 23.2. The first-order chi connectivity index (χ1) is 13.0. The van der Waals surface area contributed by atoms with Gasteiger partial charge in [0.1, 0.15) is 5.75 Å². The van der Waals surface area contributed by atoms with Crippen molar-refractivity contribution < 1.29 is 19.1 Å². The summed E-state index contributed by atoms with van der Waals surface area (Å²) in [4.78, 5) is 23.4. The molecule has 0 aliphatic carbocycles. The van der Waals surface area contributed by atoms with Crippen molar-refractivity contribution in [1.29, 1.82) is 0 Å². The molecule has 5 heteroatoms. The van der Waals surface area contributed by atoms with E-state index in [-0.39, 0.29) is 5.75 Å². The highest BCUT2D eigenvalue weighted by Crippen LogP contribution is 2.25. The molecule has 4 nitrogen and oxygen atoms in total. The van der Waals surface area contributed by atoms with Gasteiger partial charge in [-0.15, -0.1) is 0 Å². The van der Waals surface area contributed by atoms with E-state index in [4.69, 9.17) is 21.1 Å². The second kappa shape index (κ2) is 14.3. The first-order valence-corrected chi connectivity index (χ1v) is 10.2. The SMILES string of the molecule is CCCCCCCCCCCOC(=O)/C=C/C(=O)Oc1cc(C)ccc1Cl. The fourth-order valence-electron chi connectivity index (χ4n) is 2.60. The lowest BCUT2D eigenvalue weighted by Gasteiger charge is -2.05. The van der Waals surface area contributed by atoms with Crippen LogP contribution in [0, 0.1) is 6.92 Å². The molecule has 150 valence electrons. The quantitative estimate of drug-likeness (QED) is 0.173. The highest BCUT2D eigenvalue weighted by molar-refractivity contribution is 6.32. The Hall–Kier alpha value is -1.81. The number of hydrogen-bond donors (Lipinski definition) is 0. The van der Waals surface area contributed by atoms with Gasteiger partial charge in [-0.3, -0.25) is 0 Å². The van der Waals surface area contributed by atoms with Gasteiger partial charge < -0.3 is 9.47 Å². The average Bonchev–Trinajstić information content (AvgIpc) is 2.64. The van der Waals surface area contributed by atoms with Gasteiger partial charge in [0.2, 0.25) is 0 Å². The summed E-state index contributed by atoms with van der Waals surface area (Å²) in [6, 6.07) is 5.14. The van der Waals surface area contributed by atoms with Crippen LogP contribution in [0.1, 0.15) is 70.3 Å². The third-order valence-electron chi connectivity index (χ3n) is 4.14. The number of carbonyl (C=O) groups is 2. The van der Waals surface area contributed by atoms with Crippen molar-refractivity contribution in [3.8, 4) is 5.75 Å². The van der Waals surface area contributed by atoms with E-state index in [2.05, 4.69) is 6.92 Å². The van der Waals surface area contributed by atoms with Crippen LogP contribution in [-0.2, 0) is 14.3 Å². The van der Waals surface area contributed by atoms with Crippen LogP contribution in [0.3, 0.4) is 0 Å². The summed E-state index contributed by atoms with van der Waals surface area (Å²) >= 11 is 5.96. The van der Waals surface area contributed by atoms with Gasteiger partial charge >= 0.3 is 11.9 Å². The summed E-state index contributed by atoms with van der Waals surface area (Å²) in [5.74, 6) is -0.932. The number of rotatable bonds is 13. The summed E-state index contributed by atoms with van der Waals surface area (Å²) in [6.07, 6.45) is 13.0. The zero-order chi connectivity index (χ0) is 19.9. The van der Waals surface area contributed by atoms with E-state index in [1.165, 1.54) is 44.9 Å². The minimum Gasteiger partial charge on any atom is -0.463 e. The van der Waals surface area contributed by atoms with Crippen LogP contribution in [0.2, 0.25) is 5.02 Å². The van der Waals surface area contributed by atoms with Crippen LogP contribution in [0.25, 0.3) is 0 Å². The molecule has 1 aromatic rings. The van der Waals surface area contributed by atoms with Crippen molar-refractivity contribution in [2.24, 2.45) is 0 Å². The molecule has 0 saturated heterocycles. The van der Waals surface area contributed by atoms with Gasteiger partial charge in [0.05, 0.1) is 11.6 Å². The summed E-state index contributed by atoms with van der Waals surface area (Å²) < 4.78 is 10.2. The van der Waals surface area contributed by atoms with Gasteiger partial charge in [-0.2, -0.15) is 0 Å². The molecule has 0 aliphatic heterocycles. The van der Waals surface area contributed by atoms with E-state index < -0.39 is 11.9 Å². The van der Waals surface area contributed by atoms with E-state index in [0.29, 0.717) is 11.6 Å². The smallest absolute Gasteiger partial charge is 0.336 e. The summed E-state index contributed by atoms with van der Waals surface area (Å²) in [6.45, 7) is 4.46. The molecule has 0 aliphatic rings. The highest BCUT2D eigenvalue weighted by Gasteiger charge is 2.07. The first-order valence-electron chi connectivity index (χ1n) is 9.85. The van der Waals surface area contributed by atoms with Crippen molar-refractivity contribution >= 4 is 23.5 Å². The number of aryl methyl sites for hydroxylation is 1. The van der Waals surface area contributed by atoms with Gasteiger partial charge in [0, 0.05) is 12.2 Å². The molecule has 0 heterocycles. The third kappa shape index (κ3) is 11.5. The van der Waals surface area contributed by atoms with Crippen LogP contribution in [0.5, 0.6) is 5.75 Å². The van der Waals surface area contributed by atoms with E-state index in [1.807, 2.05) is 13.0 Å². The molecule has 0 spiro atoms. The number of benzene rings is 1. The number of unbranched alkanes of at least 4 members (excludes halogenated alkanes) is 8. The molecule has 1 rings (SSSR count). The molecule has 0 bridgehead atoms. The zero-order valence-electron chi connectivity index (χ0n) is 16.5. The standard InChI is InChI=1S/C22H31ClO4/c1-3-4-5-6-7-8-9-10-11-16-26-21(24)14-15-22(25)27-20-17-18(2)12-13-19(20)23/h12-15,17H,3-11,16H2,1-2H3/b15-14+. The Morgan fingerprint density at radius 2 is 1.52 bits per heavy atom. The van der Waals surface area contributed by atoms with Crippen molar-refractivity contribution in [3.63, 3.8) is 0 Å². The van der Waals surface area contributed by atoms with Gasteiger partial charge in [0.25, 0.3) is 0 Å². The maximum absolute atomic E-state index is 11.7. The molecule has 0 unspecified atom stereocenters. The van der Waals surface area contributed by atoms with Crippen LogP contribution in [0.4, 0.5) is 0 Å². The lowest BCUT2D eigenvalue weighted by Crippen LogP contribution is -2.07. The maximum atomic E-state index is 11.7. The highest BCUT2D eigenvalue weighted by atomic mass is 35.5. The zero-order valence-corrected chi connectivity index (χ0v) is 17.2. The Morgan fingerprint density at radius 1 is 0.926 bits per heavy atom. The van der Waals surface area contributed by atoms with Gasteiger partial charge in [0.15, 0.2) is 0 Å². The molecule has 27 heavy (non-hydrogen) atoms. The lowest BCUT2D eigenvalue weighted by molar-refractivity contribution is -0.138. The van der Waals surface area contributed by atoms with Crippen molar-refractivity contribution in [2.45, 2.75) is 71.6 Å². The number of ether oxygens (including phenoxy) is 2. The van der Waals surface area contributed by atoms with E-state index in [1.54, 1.807) is 12.1 Å². The van der Waals surface area contributed by atoms with E-state index in [9.17, 15) is 9.59 Å². The summed E-state index contributed by atoms with van der Waals surface area (Å²) in [5.41, 5.74) is 0.923. The van der Waals surface area contributed by atoms with Crippen LogP contribution in [-0.4, -0.2) is 18.5 Å². The predicted octanol–water partition coefficient (Wildman–Crippen LogP) is 6.18. The molecular formula is C22H31ClO4. The average molecular weight is 395 g/mol. The molecule has 0 N–H and O–H groups in total. The monoisotopic (exact) mass is 394 g/mol. The third-order valence-corrected chi connectivity index (χ3v) is 4.46. The minimum absolute atomic E-state index is 0.273. The van der Waals surface area contributed by atoms with Crippen LogP contribution >= 0.6 is 11.6 Å². The minimum atomic E-state index is -0.664. The second-order valence-electron chi connectivity index (χ2n) is 6.68. The Labute approximate surface area is 167 Å². The molecule has 0 atom stereocenters. The Balaban J connectivity index is 2.12. The molecule has 0 saturated carbocycles. The number of hydrogen-bond acceptors (Lipinski definition) is 4.